The average molecular weight is 345 g/mol. The highest BCUT2D eigenvalue weighted by Gasteiger charge is 2.18. The first-order chi connectivity index (χ1) is 10.4. The van der Waals surface area contributed by atoms with Crippen LogP contribution >= 0.6 is 11.6 Å². The maximum Gasteiger partial charge on any atom is 0.235 e. The quantitative estimate of drug-likeness (QED) is 0.830. The van der Waals surface area contributed by atoms with Gasteiger partial charge in [0.15, 0.2) is 0 Å². The molecular formula is C15H21ClN2O3S. The van der Waals surface area contributed by atoms with Gasteiger partial charge in [-0.15, -0.1) is 0 Å². The number of hydrogen-bond donors (Lipinski definition) is 2. The van der Waals surface area contributed by atoms with Crippen molar-refractivity contribution in [3.8, 4) is 0 Å². The molecule has 0 spiro atoms. The number of hydrogen-bond acceptors (Lipinski definition) is 3. The Morgan fingerprint density at radius 2 is 1.95 bits per heavy atom. The topological polar surface area (TPSA) is 75.3 Å². The van der Waals surface area contributed by atoms with E-state index in [2.05, 4.69) is 10.0 Å². The molecule has 0 bridgehead atoms. The third-order valence-electron chi connectivity index (χ3n) is 3.67. The van der Waals surface area contributed by atoms with Gasteiger partial charge in [0, 0.05) is 11.1 Å². The van der Waals surface area contributed by atoms with Crippen molar-refractivity contribution in [3.05, 3.63) is 34.9 Å². The van der Waals surface area contributed by atoms with Crippen molar-refractivity contribution in [3.63, 3.8) is 0 Å². The van der Waals surface area contributed by atoms with E-state index in [4.69, 9.17) is 11.6 Å². The molecule has 2 rings (SSSR count). The van der Waals surface area contributed by atoms with Crippen LogP contribution in [0.4, 0.5) is 0 Å². The fraction of sp³-hybridized carbons (Fsp3) is 0.533. The molecule has 5 nitrogen and oxygen atoms in total. The van der Waals surface area contributed by atoms with Gasteiger partial charge in [-0.2, -0.15) is 0 Å². The lowest BCUT2D eigenvalue weighted by atomic mass is 9.95. The van der Waals surface area contributed by atoms with Gasteiger partial charge in [0.1, 0.15) is 0 Å². The molecule has 1 aromatic carbocycles. The Morgan fingerprint density at radius 1 is 1.23 bits per heavy atom. The Kier molecular flexibility index (Phi) is 6.23. The highest BCUT2D eigenvalue weighted by molar-refractivity contribution is 7.88. The minimum atomic E-state index is -3.56. The third-order valence-corrected chi connectivity index (χ3v) is 5.20. The largest absolute Gasteiger partial charge is 0.352 e. The maximum absolute atomic E-state index is 12.0. The Hall–Kier alpha value is -1.11. The van der Waals surface area contributed by atoms with Crippen molar-refractivity contribution in [1.82, 2.24) is 10.0 Å². The summed E-state index contributed by atoms with van der Waals surface area (Å²) in [4.78, 5) is 11.8. The molecule has 7 heteroatoms. The highest BCUT2D eigenvalue weighted by Crippen LogP contribution is 2.17. The zero-order valence-corrected chi connectivity index (χ0v) is 13.9. The van der Waals surface area contributed by atoms with Crippen molar-refractivity contribution >= 4 is 27.5 Å². The van der Waals surface area contributed by atoms with Crippen LogP contribution in [0.5, 0.6) is 0 Å². The Labute approximate surface area is 136 Å². The van der Waals surface area contributed by atoms with Gasteiger partial charge in [0.25, 0.3) is 0 Å². The summed E-state index contributed by atoms with van der Waals surface area (Å²) in [6, 6.07) is 6.85. The minimum Gasteiger partial charge on any atom is -0.352 e. The molecule has 0 radical (unpaired) electrons. The molecule has 122 valence electrons. The van der Waals surface area contributed by atoms with Crippen molar-refractivity contribution in [1.29, 1.82) is 0 Å². The van der Waals surface area contributed by atoms with Crippen LogP contribution in [0.25, 0.3) is 0 Å². The van der Waals surface area contributed by atoms with Gasteiger partial charge >= 0.3 is 0 Å². The standard InChI is InChI=1S/C15H21ClN2O3S/c16-13-6-4-5-12(9-13)11-22(20,21)17-10-15(19)18-14-7-2-1-3-8-14/h4-6,9,14,17H,1-3,7-8,10-11H2,(H,18,19). The number of benzene rings is 1. The first kappa shape index (κ1) is 17.2. The van der Waals surface area contributed by atoms with Crippen LogP contribution in [-0.2, 0) is 20.6 Å². The van der Waals surface area contributed by atoms with Crippen LogP contribution in [0, 0.1) is 0 Å². The van der Waals surface area contributed by atoms with E-state index >= 15 is 0 Å². The Balaban J connectivity index is 1.80. The molecular weight excluding hydrogens is 324 g/mol. The summed E-state index contributed by atoms with van der Waals surface area (Å²) < 4.78 is 26.3. The second-order valence-corrected chi connectivity index (χ2v) is 7.86. The van der Waals surface area contributed by atoms with Gasteiger partial charge in [0.2, 0.25) is 15.9 Å². The molecule has 22 heavy (non-hydrogen) atoms. The van der Waals surface area contributed by atoms with Crippen LogP contribution in [0.3, 0.4) is 0 Å². The summed E-state index contributed by atoms with van der Waals surface area (Å²) in [5, 5.41) is 3.37. The molecule has 1 aliphatic rings. The van der Waals surface area contributed by atoms with Crippen LogP contribution in [0.15, 0.2) is 24.3 Å². The smallest absolute Gasteiger partial charge is 0.235 e. The van der Waals surface area contributed by atoms with Crippen LogP contribution in [0.1, 0.15) is 37.7 Å². The number of carbonyl (C=O) groups is 1. The Morgan fingerprint density at radius 3 is 2.64 bits per heavy atom. The third kappa shape index (κ3) is 5.94. The Bertz CT molecular complexity index is 613. The number of halogens is 1. The maximum atomic E-state index is 12.0. The molecule has 1 aliphatic carbocycles. The van der Waals surface area contributed by atoms with Crippen molar-refractivity contribution < 1.29 is 13.2 Å². The van der Waals surface area contributed by atoms with Gasteiger partial charge in [-0.3, -0.25) is 4.79 Å². The zero-order valence-electron chi connectivity index (χ0n) is 12.3. The van der Waals surface area contributed by atoms with Gasteiger partial charge in [-0.05, 0) is 30.5 Å². The molecule has 1 aromatic rings. The van der Waals surface area contributed by atoms with E-state index in [0.29, 0.717) is 10.6 Å². The molecule has 0 aliphatic heterocycles. The monoisotopic (exact) mass is 344 g/mol. The molecule has 0 aromatic heterocycles. The zero-order chi connectivity index (χ0) is 16.0. The molecule has 1 saturated carbocycles. The number of carbonyl (C=O) groups excluding carboxylic acids is 1. The van der Waals surface area contributed by atoms with Crippen molar-refractivity contribution in [2.75, 3.05) is 6.54 Å². The number of sulfonamides is 1. The lowest BCUT2D eigenvalue weighted by Gasteiger charge is -2.22. The van der Waals surface area contributed by atoms with E-state index in [1.54, 1.807) is 24.3 Å². The van der Waals surface area contributed by atoms with Gasteiger partial charge in [0.05, 0.1) is 12.3 Å². The SMILES string of the molecule is O=C(CNS(=O)(=O)Cc1cccc(Cl)c1)NC1CCCCC1. The van der Waals surface area contributed by atoms with E-state index in [1.807, 2.05) is 0 Å². The fourth-order valence-corrected chi connectivity index (χ4v) is 3.88. The molecule has 1 amide bonds. The van der Waals surface area contributed by atoms with E-state index in [1.165, 1.54) is 6.42 Å². The lowest BCUT2D eigenvalue weighted by Crippen LogP contribution is -2.42. The number of amides is 1. The average Bonchev–Trinajstić information content (AvgIpc) is 2.46. The van der Waals surface area contributed by atoms with Crippen molar-refractivity contribution in [2.24, 2.45) is 0 Å². The van der Waals surface area contributed by atoms with Gasteiger partial charge in [-0.25, -0.2) is 13.1 Å². The predicted molar refractivity (Wildman–Crippen MR) is 87.1 cm³/mol. The molecule has 0 saturated heterocycles. The van der Waals surface area contributed by atoms with E-state index in [9.17, 15) is 13.2 Å². The van der Waals surface area contributed by atoms with Gasteiger partial charge < -0.3 is 5.32 Å². The summed E-state index contributed by atoms with van der Waals surface area (Å²) in [5.41, 5.74) is 0.590. The van der Waals surface area contributed by atoms with Gasteiger partial charge in [-0.1, -0.05) is 43.0 Å². The number of nitrogens with one attached hydrogen (secondary N) is 2. The number of rotatable bonds is 6. The second kappa shape index (κ2) is 7.94. The first-order valence-corrected chi connectivity index (χ1v) is 9.49. The summed E-state index contributed by atoms with van der Waals surface area (Å²) in [6.45, 7) is -0.223. The van der Waals surface area contributed by atoms with Crippen LogP contribution in [0.2, 0.25) is 5.02 Å². The van der Waals surface area contributed by atoms with Crippen LogP contribution in [-0.4, -0.2) is 26.9 Å². The molecule has 0 unspecified atom stereocenters. The van der Waals surface area contributed by atoms with Crippen molar-refractivity contribution in [2.45, 2.75) is 43.9 Å². The van der Waals surface area contributed by atoms with E-state index in [0.717, 1.165) is 25.7 Å². The summed E-state index contributed by atoms with van der Waals surface area (Å²) in [5.74, 6) is -0.467. The molecule has 0 heterocycles. The second-order valence-electron chi connectivity index (χ2n) is 5.61. The molecule has 1 fully saturated rings. The summed E-state index contributed by atoms with van der Waals surface area (Å²) >= 11 is 5.83. The fourth-order valence-electron chi connectivity index (χ4n) is 2.60. The first-order valence-electron chi connectivity index (χ1n) is 7.46. The normalized spacial score (nSPS) is 16.4. The van der Waals surface area contributed by atoms with E-state index in [-0.39, 0.29) is 24.2 Å². The minimum absolute atomic E-state index is 0.179. The summed E-state index contributed by atoms with van der Waals surface area (Å²) in [6.07, 6.45) is 5.39. The lowest BCUT2D eigenvalue weighted by molar-refractivity contribution is -0.120. The predicted octanol–water partition coefficient (Wildman–Crippen LogP) is 2.21. The molecule has 2 N–H and O–H groups in total. The van der Waals surface area contributed by atoms with Crippen LogP contribution < -0.4 is 10.0 Å². The van der Waals surface area contributed by atoms with E-state index < -0.39 is 10.0 Å². The highest BCUT2D eigenvalue weighted by atomic mass is 35.5. The summed E-state index contributed by atoms with van der Waals surface area (Å²) in [7, 11) is -3.56. The molecule has 0 atom stereocenters.